The van der Waals surface area contributed by atoms with E-state index in [-0.39, 0.29) is 29.4 Å². The number of likely N-dealkylation sites (tertiary alicyclic amines) is 1. The molecule has 2 aliphatic carbocycles. The molecule has 6 heteroatoms. The van der Waals surface area contributed by atoms with Gasteiger partial charge >= 0.3 is 0 Å². The minimum absolute atomic E-state index is 0.145. The molecule has 2 atom stereocenters. The monoisotopic (exact) mass is 473 g/mol. The SMILES string of the molecule is CCO[C@@H]1[C@@H](NC(=O)c2cccnc2)c2ccccc2C12CCN(C(=O)CC1=CCCCC1)CC2. The van der Waals surface area contributed by atoms with Crippen LogP contribution in [0.25, 0.3) is 0 Å². The highest BCUT2D eigenvalue weighted by molar-refractivity contribution is 5.94. The van der Waals surface area contributed by atoms with Crippen LogP contribution in [-0.2, 0) is 14.9 Å². The van der Waals surface area contributed by atoms with Gasteiger partial charge in [0.2, 0.25) is 5.91 Å². The second-order valence-corrected chi connectivity index (χ2v) is 9.98. The topological polar surface area (TPSA) is 71.5 Å². The molecule has 3 aliphatic rings. The largest absolute Gasteiger partial charge is 0.375 e. The van der Waals surface area contributed by atoms with E-state index in [1.165, 1.54) is 24.0 Å². The highest BCUT2D eigenvalue weighted by Crippen LogP contribution is 2.52. The van der Waals surface area contributed by atoms with Gasteiger partial charge < -0.3 is 15.0 Å². The maximum atomic E-state index is 13.1. The van der Waals surface area contributed by atoms with Crippen molar-refractivity contribution < 1.29 is 14.3 Å². The van der Waals surface area contributed by atoms with E-state index in [0.717, 1.165) is 31.2 Å². The number of allylic oxidation sites excluding steroid dienone is 1. The molecule has 5 rings (SSSR count). The molecule has 1 fully saturated rings. The zero-order valence-corrected chi connectivity index (χ0v) is 20.5. The number of nitrogens with zero attached hydrogens (tertiary/aromatic N) is 2. The number of aromatic nitrogens is 1. The predicted octanol–water partition coefficient (Wildman–Crippen LogP) is 4.72. The third-order valence-corrected chi connectivity index (χ3v) is 8.01. The van der Waals surface area contributed by atoms with Crippen molar-refractivity contribution in [3.8, 4) is 0 Å². The summed E-state index contributed by atoms with van der Waals surface area (Å²) >= 11 is 0. The minimum Gasteiger partial charge on any atom is -0.375 e. The number of nitrogens with one attached hydrogen (secondary N) is 1. The Morgan fingerprint density at radius 1 is 1.14 bits per heavy atom. The van der Waals surface area contributed by atoms with E-state index in [9.17, 15) is 9.59 Å². The summed E-state index contributed by atoms with van der Waals surface area (Å²) in [5.41, 5.74) is 3.99. The second kappa shape index (κ2) is 10.3. The Morgan fingerprint density at radius 2 is 1.97 bits per heavy atom. The van der Waals surface area contributed by atoms with E-state index in [2.05, 4.69) is 34.6 Å². The summed E-state index contributed by atoms with van der Waals surface area (Å²) in [6.07, 6.45) is 12.2. The van der Waals surface area contributed by atoms with E-state index in [4.69, 9.17) is 4.74 Å². The lowest BCUT2D eigenvalue weighted by atomic mass is 9.71. The number of pyridine rings is 1. The summed E-state index contributed by atoms with van der Waals surface area (Å²) in [5.74, 6) is 0.0988. The molecule has 2 amide bonds. The Morgan fingerprint density at radius 3 is 2.69 bits per heavy atom. The Kier molecular flexibility index (Phi) is 7.00. The molecule has 184 valence electrons. The fraction of sp³-hybridized carbons (Fsp3) is 0.483. The quantitative estimate of drug-likeness (QED) is 0.616. The highest BCUT2D eigenvalue weighted by Gasteiger charge is 2.54. The Bertz CT molecular complexity index is 1090. The molecule has 2 aromatic rings. The molecule has 35 heavy (non-hydrogen) atoms. The average molecular weight is 474 g/mol. The molecule has 1 aliphatic heterocycles. The van der Waals surface area contributed by atoms with E-state index in [1.54, 1.807) is 24.5 Å². The van der Waals surface area contributed by atoms with Gasteiger partial charge in [0.15, 0.2) is 0 Å². The molecule has 1 aromatic heterocycles. The molecular weight excluding hydrogens is 438 g/mol. The Balaban J connectivity index is 1.37. The Hall–Kier alpha value is -2.99. The van der Waals surface area contributed by atoms with Gasteiger partial charge in [-0.15, -0.1) is 0 Å². The van der Waals surface area contributed by atoms with Crippen LogP contribution in [0.2, 0.25) is 0 Å². The first kappa shape index (κ1) is 23.7. The number of fused-ring (bicyclic) bond motifs is 2. The first-order chi connectivity index (χ1) is 17.1. The van der Waals surface area contributed by atoms with Crippen molar-refractivity contribution in [1.82, 2.24) is 15.2 Å². The van der Waals surface area contributed by atoms with E-state index < -0.39 is 0 Å². The Labute approximate surface area is 207 Å². The van der Waals surface area contributed by atoms with Gasteiger partial charge in [0.05, 0.1) is 17.7 Å². The molecule has 2 heterocycles. The number of ether oxygens (including phenoxy) is 1. The number of piperidine rings is 1. The number of carbonyl (C=O) groups excluding carboxylic acids is 2. The van der Waals surface area contributed by atoms with Gasteiger partial charge in [0, 0.05) is 43.9 Å². The zero-order chi connectivity index (χ0) is 24.3. The number of rotatable bonds is 6. The zero-order valence-electron chi connectivity index (χ0n) is 20.5. The van der Waals surface area contributed by atoms with Crippen LogP contribution < -0.4 is 5.32 Å². The lowest BCUT2D eigenvalue weighted by molar-refractivity contribution is -0.133. The molecule has 1 aromatic carbocycles. The van der Waals surface area contributed by atoms with Crippen molar-refractivity contribution in [1.29, 1.82) is 0 Å². The summed E-state index contributed by atoms with van der Waals surface area (Å²) < 4.78 is 6.40. The number of hydrogen-bond donors (Lipinski definition) is 1. The first-order valence-electron chi connectivity index (χ1n) is 13.0. The summed E-state index contributed by atoms with van der Waals surface area (Å²) in [5, 5.41) is 3.25. The van der Waals surface area contributed by atoms with Crippen LogP contribution >= 0.6 is 0 Å². The standard InChI is InChI=1S/C29H35N3O3/c1-2-35-27-26(31-28(34)22-11-8-16-30-20-22)23-12-6-7-13-24(23)29(27)14-17-32(18-15-29)25(33)19-21-9-4-3-5-10-21/h6-9,11-13,16,20,26-27H,2-5,10,14-15,17-19H2,1H3,(H,31,34)/t26-,27+/m0/s1. The smallest absolute Gasteiger partial charge is 0.253 e. The van der Waals surface area contributed by atoms with Gasteiger partial charge in [-0.2, -0.15) is 0 Å². The van der Waals surface area contributed by atoms with Gasteiger partial charge in [-0.3, -0.25) is 14.6 Å². The number of hydrogen-bond acceptors (Lipinski definition) is 4. The van der Waals surface area contributed by atoms with Crippen molar-refractivity contribution in [2.75, 3.05) is 19.7 Å². The predicted molar refractivity (Wildman–Crippen MR) is 135 cm³/mol. The van der Waals surface area contributed by atoms with Gasteiger partial charge in [-0.25, -0.2) is 0 Å². The molecule has 6 nitrogen and oxygen atoms in total. The average Bonchev–Trinajstić information content (AvgIpc) is 3.14. The van der Waals surface area contributed by atoms with Crippen molar-refractivity contribution in [3.63, 3.8) is 0 Å². The van der Waals surface area contributed by atoms with Crippen molar-refractivity contribution in [2.45, 2.75) is 69.4 Å². The van der Waals surface area contributed by atoms with Crippen molar-refractivity contribution in [2.24, 2.45) is 0 Å². The summed E-state index contributed by atoms with van der Waals surface area (Å²) in [6.45, 7) is 4.00. The molecule has 0 radical (unpaired) electrons. The number of amides is 2. The van der Waals surface area contributed by atoms with E-state index in [0.29, 0.717) is 31.7 Å². The van der Waals surface area contributed by atoms with Crippen LogP contribution in [0.4, 0.5) is 0 Å². The van der Waals surface area contributed by atoms with Crippen LogP contribution in [0.1, 0.15) is 79.4 Å². The second-order valence-electron chi connectivity index (χ2n) is 9.98. The van der Waals surface area contributed by atoms with Crippen LogP contribution in [0, 0.1) is 0 Å². The number of carbonyl (C=O) groups is 2. The molecule has 0 saturated carbocycles. The summed E-state index contributed by atoms with van der Waals surface area (Å²) in [4.78, 5) is 32.3. The highest BCUT2D eigenvalue weighted by atomic mass is 16.5. The third-order valence-electron chi connectivity index (χ3n) is 8.01. The molecule has 1 saturated heterocycles. The van der Waals surface area contributed by atoms with Crippen LogP contribution in [0.3, 0.4) is 0 Å². The van der Waals surface area contributed by atoms with Crippen molar-refractivity contribution in [3.05, 3.63) is 77.1 Å². The van der Waals surface area contributed by atoms with Crippen molar-refractivity contribution >= 4 is 11.8 Å². The van der Waals surface area contributed by atoms with Crippen LogP contribution in [-0.4, -0.2) is 47.5 Å². The number of benzene rings is 1. The fourth-order valence-corrected chi connectivity index (χ4v) is 6.25. The lowest BCUT2D eigenvalue weighted by Gasteiger charge is -2.44. The molecule has 0 bridgehead atoms. The minimum atomic E-state index is -0.242. The van der Waals surface area contributed by atoms with Crippen LogP contribution in [0.15, 0.2) is 60.4 Å². The third kappa shape index (κ3) is 4.64. The normalized spacial score (nSPS) is 23.0. The first-order valence-corrected chi connectivity index (χ1v) is 13.0. The lowest BCUT2D eigenvalue weighted by Crippen LogP contribution is -2.52. The van der Waals surface area contributed by atoms with Gasteiger partial charge in [-0.05, 0) is 68.7 Å². The van der Waals surface area contributed by atoms with E-state index >= 15 is 0 Å². The van der Waals surface area contributed by atoms with Gasteiger partial charge in [0.1, 0.15) is 0 Å². The van der Waals surface area contributed by atoms with Gasteiger partial charge in [-0.1, -0.05) is 35.9 Å². The van der Waals surface area contributed by atoms with E-state index in [1.807, 2.05) is 17.9 Å². The van der Waals surface area contributed by atoms with Gasteiger partial charge in [0.25, 0.3) is 5.91 Å². The summed E-state index contributed by atoms with van der Waals surface area (Å²) in [7, 11) is 0. The molecule has 1 spiro atoms. The maximum Gasteiger partial charge on any atom is 0.253 e. The fourth-order valence-electron chi connectivity index (χ4n) is 6.25. The molecular formula is C29H35N3O3. The molecule has 0 unspecified atom stereocenters. The van der Waals surface area contributed by atoms with Crippen LogP contribution in [0.5, 0.6) is 0 Å². The molecule has 1 N–H and O–H groups in total. The maximum absolute atomic E-state index is 13.1. The summed E-state index contributed by atoms with van der Waals surface area (Å²) in [6, 6.07) is 11.7.